The van der Waals surface area contributed by atoms with Crippen LogP contribution >= 0.6 is 0 Å². The molecule has 7 heteroatoms. The number of carbonyl (C=O) groups excluding carboxylic acids is 2. The van der Waals surface area contributed by atoms with Gasteiger partial charge in [-0.2, -0.15) is 0 Å². The fraction of sp³-hybridized carbons (Fsp3) is 0.391. The van der Waals surface area contributed by atoms with E-state index in [2.05, 4.69) is 0 Å². The Balaban J connectivity index is 1.78. The van der Waals surface area contributed by atoms with Gasteiger partial charge < -0.3 is 24.0 Å². The van der Waals surface area contributed by atoms with Gasteiger partial charge in [0.05, 0.1) is 32.9 Å². The molecule has 0 aromatic heterocycles. The molecule has 2 aromatic rings. The van der Waals surface area contributed by atoms with E-state index in [9.17, 15) is 9.59 Å². The number of carbonyl (C=O) groups is 2. The van der Waals surface area contributed by atoms with Crippen molar-refractivity contribution in [3.8, 4) is 17.2 Å². The summed E-state index contributed by atoms with van der Waals surface area (Å²) in [5, 5.41) is 0. The molecular formula is C23H28N2O5. The van der Waals surface area contributed by atoms with Crippen LogP contribution in [0.1, 0.15) is 17.5 Å². The van der Waals surface area contributed by atoms with Crippen LogP contribution in [0.25, 0.3) is 0 Å². The van der Waals surface area contributed by atoms with Crippen LogP contribution in [-0.2, 0) is 16.1 Å². The van der Waals surface area contributed by atoms with Gasteiger partial charge in [0.1, 0.15) is 0 Å². The maximum absolute atomic E-state index is 13.0. The topological polar surface area (TPSA) is 68.3 Å². The number of aryl methyl sites for hydroxylation is 1. The Morgan fingerprint density at radius 2 is 1.73 bits per heavy atom. The molecule has 1 fully saturated rings. The van der Waals surface area contributed by atoms with E-state index >= 15 is 0 Å². The van der Waals surface area contributed by atoms with Gasteiger partial charge >= 0.3 is 0 Å². The van der Waals surface area contributed by atoms with E-state index in [0.717, 1.165) is 11.1 Å². The fourth-order valence-electron chi connectivity index (χ4n) is 3.78. The predicted octanol–water partition coefficient (Wildman–Crippen LogP) is 3.03. The predicted molar refractivity (Wildman–Crippen MR) is 114 cm³/mol. The molecule has 0 aliphatic carbocycles. The first kappa shape index (κ1) is 21.5. The standard InChI is InChI=1S/C23H28N2O5/c1-15-8-6-7-9-16(15)13-24(2)23(27)17-10-21(26)25(14-17)18-11-19(28-3)22(30-5)20(12-18)29-4/h6-9,11-12,17H,10,13-14H2,1-5H3. The summed E-state index contributed by atoms with van der Waals surface area (Å²) in [5.74, 6) is 0.845. The number of nitrogens with zero attached hydrogens (tertiary/aromatic N) is 2. The van der Waals surface area contributed by atoms with Crippen LogP contribution in [0, 0.1) is 12.8 Å². The number of benzene rings is 2. The van der Waals surface area contributed by atoms with Crippen LogP contribution in [0.2, 0.25) is 0 Å². The molecule has 1 aliphatic heterocycles. The van der Waals surface area contributed by atoms with E-state index < -0.39 is 5.92 Å². The second-order valence-electron chi connectivity index (χ2n) is 7.41. The largest absolute Gasteiger partial charge is 0.493 e. The Bertz CT molecular complexity index is 918. The van der Waals surface area contributed by atoms with Gasteiger partial charge in [-0.25, -0.2) is 0 Å². The third kappa shape index (κ3) is 4.20. The summed E-state index contributed by atoms with van der Waals surface area (Å²) in [6.07, 6.45) is 0.174. The first-order valence-electron chi connectivity index (χ1n) is 9.79. The van der Waals surface area contributed by atoms with Gasteiger partial charge in [-0.15, -0.1) is 0 Å². The minimum Gasteiger partial charge on any atom is -0.493 e. The molecule has 0 saturated carbocycles. The van der Waals surface area contributed by atoms with Crippen LogP contribution in [0.4, 0.5) is 5.69 Å². The monoisotopic (exact) mass is 412 g/mol. The normalized spacial score (nSPS) is 15.8. The summed E-state index contributed by atoms with van der Waals surface area (Å²) in [6.45, 7) is 2.85. The van der Waals surface area contributed by atoms with E-state index in [1.807, 2.05) is 31.2 Å². The number of methoxy groups -OCH3 is 3. The van der Waals surface area contributed by atoms with Crippen LogP contribution in [-0.4, -0.2) is 51.6 Å². The van der Waals surface area contributed by atoms with Gasteiger partial charge in [-0.3, -0.25) is 9.59 Å². The number of rotatable bonds is 7. The average molecular weight is 412 g/mol. The maximum atomic E-state index is 13.0. The van der Waals surface area contributed by atoms with E-state index in [4.69, 9.17) is 14.2 Å². The van der Waals surface area contributed by atoms with Crippen LogP contribution < -0.4 is 19.1 Å². The van der Waals surface area contributed by atoms with Crippen LogP contribution in [0.5, 0.6) is 17.2 Å². The molecule has 3 rings (SSSR count). The maximum Gasteiger partial charge on any atom is 0.228 e. The van der Waals surface area contributed by atoms with Crippen molar-refractivity contribution in [3.63, 3.8) is 0 Å². The minimum absolute atomic E-state index is 0.0402. The van der Waals surface area contributed by atoms with Crippen molar-refractivity contribution in [3.05, 3.63) is 47.5 Å². The average Bonchev–Trinajstić information content (AvgIpc) is 3.15. The highest BCUT2D eigenvalue weighted by molar-refractivity contribution is 6.00. The third-order valence-corrected chi connectivity index (χ3v) is 5.48. The molecule has 7 nitrogen and oxygen atoms in total. The van der Waals surface area contributed by atoms with E-state index in [1.165, 1.54) is 21.3 Å². The summed E-state index contributed by atoms with van der Waals surface area (Å²) >= 11 is 0. The number of hydrogen-bond acceptors (Lipinski definition) is 5. The first-order chi connectivity index (χ1) is 14.4. The lowest BCUT2D eigenvalue weighted by Gasteiger charge is -2.23. The Hall–Kier alpha value is -3.22. The highest BCUT2D eigenvalue weighted by Crippen LogP contribution is 2.42. The fourth-order valence-corrected chi connectivity index (χ4v) is 3.78. The highest BCUT2D eigenvalue weighted by Gasteiger charge is 2.37. The van der Waals surface area contributed by atoms with Gasteiger partial charge in [0, 0.05) is 38.7 Å². The molecule has 160 valence electrons. The molecule has 0 bridgehead atoms. The summed E-state index contributed by atoms with van der Waals surface area (Å²) in [7, 11) is 6.36. The Labute approximate surface area is 177 Å². The van der Waals surface area contributed by atoms with Gasteiger partial charge in [-0.1, -0.05) is 24.3 Å². The first-order valence-corrected chi connectivity index (χ1v) is 9.79. The number of hydrogen-bond donors (Lipinski definition) is 0. The zero-order valence-corrected chi connectivity index (χ0v) is 18.1. The van der Waals surface area contributed by atoms with Crippen LogP contribution in [0.3, 0.4) is 0 Å². The number of amides is 2. The molecule has 2 aromatic carbocycles. The minimum atomic E-state index is -0.398. The molecule has 0 spiro atoms. The molecule has 1 unspecified atom stereocenters. The van der Waals surface area contributed by atoms with Crippen molar-refractivity contribution in [1.29, 1.82) is 0 Å². The molecule has 1 aliphatic rings. The Kier molecular flexibility index (Phi) is 6.50. The molecule has 1 atom stereocenters. The van der Waals surface area contributed by atoms with Gasteiger partial charge in [-0.05, 0) is 18.1 Å². The Morgan fingerprint density at radius 3 is 2.30 bits per heavy atom. The molecule has 0 N–H and O–H groups in total. The van der Waals surface area contributed by atoms with Crippen molar-refractivity contribution in [1.82, 2.24) is 4.90 Å². The highest BCUT2D eigenvalue weighted by atomic mass is 16.5. The van der Waals surface area contributed by atoms with Gasteiger partial charge in [0.25, 0.3) is 0 Å². The van der Waals surface area contributed by atoms with Gasteiger partial charge in [0.15, 0.2) is 11.5 Å². The summed E-state index contributed by atoms with van der Waals surface area (Å²) in [6, 6.07) is 11.4. The number of anilines is 1. The summed E-state index contributed by atoms with van der Waals surface area (Å²) in [4.78, 5) is 29.0. The number of ether oxygens (including phenoxy) is 3. The molecular weight excluding hydrogens is 384 g/mol. The van der Waals surface area contributed by atoms with E-state index in [0.29, 0.717) is 36.0 Å². The van der Waals surface area contributed by atoms with Crippen molar-refractivity contribution in [2.75, 3.05) is 39.8 Å². The smallest absolute Gasteiger partial charge is 0.228 e. The van der Waals surface area contributed by atoms with Crippen LogP contribution in [0.15, 0.2) is 36.4 Å². The third-order valence-electron chi connectivity index (χ3n) is 5.48. The SMILES string of the molecule is COc1cc(N2CC(C(=O)N(C)Cc3ccccc3C)CC2=O)cc(OC)c1OC. The van der Waals surface area contributed by atoms with Gasteiger partial charge in [0.2, 0.25) is 17.6 Å². The second-order valence-corrected chi connectivity index (χ2v) is 7.41. The molecule has 0 radical (unpaired) electrons. The van der Waals surface area contributed by atoms with E-state index in [1.54, 1.807) is 29.0 Å². The van der Waals surface area contributed by atoms with Crippen molar-refractivity contribution in [2.24, 2.45) is 5.92 Å². The molecule has 1 heterocycles. The van der Waals surface area contributed by atoms with Crippen molar-refractivity contribution >= 4 is 17.5 Å². The van der Waals surface area contributed by atoms with E-state index in [-0.39, 0.29) is 18.2 Å². The summed E-state index contributed by atoms with van der Waals surface area (Å²) < 4.78 is 16.1. The second kappa shape index (κ2) is 9.07. The zero-order chi connectivity index (χ0) is 21.8. The van der Waals surface area contributed by atoms with Crippen molar-refractivity contribution < 1.29 is 23.8 Å². The quantitative estimate of drug-likeness (QED) is 0.699. The lowest BCUT2D eigenvalue weighted by Crippen LogP contribution is -2.34. The summed E-state index contributed by atoms with van der Waals surface area (Å²) in [5.41, 5.74) is 2.85. The van der Waals surface area contributed by atoms with Crippen molar-refractivity contribution in [2.45, 2.75) is 19.9 Å². The molecule has 2 amide bonds. The zero-order valence-electron chi connectivity index (χ0n) is 18.1. The lowest BCUT2D eigenvalue weighted by molar-refractivity contribution is -0.135. The molecule has 30 heavy (non-hydrogen) atoms. The lowest BCUT2D eigenvalue weighted by atomic mass is 10.1. The Morgan fingerprint density at radius 1 is 1.10 bits per heavy atom. The molecule has 1 saturated heterocycles.